The molecular formula is C24H25N3O. The van der Waals surface area contributed by atoms with E-state index in [9.17, 15) is 4.79 Å². The number of carbonyl (C=O) groups is 1. The molecule has 0 aliphatic carbocycles. The van der Waals surface area contributed by atoms with E-state index < -0.39 is 0 Å². The number of amides is 1. The van der Waals surface area contributed by atoms with Gasteiger partial charge in [-0.3, -0.25) is 9.78 Å². The second-order valence-corrected chi connectivity index (χ2v) is 7.53. The molecule has 4 rings (SSSR count). The lowest BCUT2D eigenvalue weighted by Gasteiger charge is -2.34. The fourth-order valence-electron chi connectivity index (χ4n) is 4.09. The molecule has 2 N–H and O–H groups in total. The number of hydrogen-bond acceptors (Lipinski definition) is 3. The minimum atomic E-state index is 0.0944. The van der Waals surface area contributed by atoms with Gasteiger partial charge in [-0.1, -0.05) is 36.4 Å². The monoisotopic (exact) mass is 371 g/mol. The van der Waals surface area contributed by atoms with Crippen molar-refractivity contribution >= 4 is 11.6 Å². The molecule has 1 atom stereocenters. The first-order valence-electron chi connectivity index (χ1n) is 9.77. The molecule has 0 unspecified atom stereocenters. The summed E-state index contributed by atoms with van der Waals surface area (Å²) in [7, 11) is 0. The van der Waals surface area contributed by atoms with Gasteiger partial charge in [-0.15, -0.1) is 0 Å². The maximum atomic E-state index is 13.2. The third-order valence-electron chi connectivity index (χ3n) is 5.54. The number of nitrogens with two attached hydrogens (primary N) is 1. The second-order valence-electron chi connectivity index (χ2n) is 7.53. The summed E-state index contributed by atoms with van der Waals surface area (Å²) in [4.78, 5) is 19.4. The largest absolute Gasteiger partial charge is 0.397 e. The van der Waals surface area contributed by atoms with E-state index in [0.717, 1.165) is 37.1 Å². The van der Waals surface area contributed by atoms with E-state index in [-0.39, 0.29) is 5.91 Å². The van der Waals surface area contributed by atoms with Crippen LogP contribution in [0.1, 0.15) is 40.2 Å². The van der Waals surface area contributed by atoms with E-state index in [2.05, 4.69) is 36.2 Å². The predicted octanol–water partition coefficient (Wildman–Crippen LogP) is 4.66. The van der Waals surface area contributed by atoms with Crippen LogP contribution in [0, 0.1) is 6.92 Å². The first-order valence-corrected chi connectivity index (χ1v) is 9.77. The Hall–Kier alpha value is -3.14. The van der Waals surface area contributed by atoms with E-state index in [1.54, 1.807) is 12.4 Å². The fraction of sp³-hybridized carbons (Fsp3) is 0.250. The van der Waals surface area contributed by atoms with E-state index >= 15 is 0 Å². The molecule has 28 heavy (non-hydrogen) atoms. The maximum absolute atomic E-state index is 13.2. The number of hydrogen-bond donors (Lipinski definition) is 1. The van der Waals surface area contributed by atoms with E-state index in [1.807, 2.05) is 35.2 Å². The number of anilines is 1. The summed E-state index contributed by atoms with van der Waals surface area (Å²) in [5.41, 5.74) is 11.7. The summed E-state index contributed by atoms with van der Waals surface area (Å²) in [6.07, 6.45) is 5.56. The number of pyridine rings is 1. The van der Waals surface area contributed by atoms with Crippen LogP contribution >= 0.6 is 0 Å². The van der Waals surface area contributed by atoms with Crippen molar-refractivity contribution in [1.82, 2.24) is 9.88 Å². The van der Waals surface area contributed by atoms with E-state index in [0.29, 0.717) is 17.2 Å². The van der Waals surface area contributed by atoms with Gasteiger partial charge in [0.2, 0.25) is 0 Å². The number of benzene rings is 2. The summed E-state index contributed by atoms with van der Waals surface area (Å²) in [6.45, 7) is 3.73. The molecular weight excluding hydrogens is 346 g/mol. The molecule has 1 aliphatic rings. The number of carbonyl (C=O) groups excluding carboxylic acids is 1. The summed E-state index contributed by atoms with van der Waals surface area (Å²) in [6, 6.07) is 18.1. The standard InChI is InChI=1S/C24H25N3O/c1-17-6-2-3-10-23(17)20-9-5-11-27(16-20)24(28)19-8-4-7-18(12-19)21-13-22(25)15-26-14-21/h2-4,6-8,10,12-15,20H,5,9,11,16,25H2,1H3/t20-/m1/s1. The van der Waals surface area contributed by atoms with Gasteiger partial charge in [0.15, 0.2) is 0 Å². The number of piperidine rings is 1. The smallest absolute Gasteiger partial charge is 0.253 e. The normalized spacial score (nSPS) is 16.8. The van der Waals surface area contributed by atoms with Crippen LogP contribution in [0.4, 0.5) is 5.69 Å². The van der Waals surface area contributed by atoms with Gasteiger partial charge in [0.1, 0.15) is 0 Å². The molecule has 0 spiro atoms. The topological polar surface area (TPSA) is 59.2 Å². The van der Waals surface area contributed by atoms with Crippen LogP contribution < -0.4 is 5.73 Å². The van der Waals surface area contributed by atoms with Crippen LogP contribution in [0.25, 0.3) is 11.1 Å². The van der Waals surface area contributed by atoms with Crippen molar-refractivity contribution < 1.29 is 4.79 Å². The fourth-order valence-corrected chi connectivity index (χ4v) is 4.09. The third kappa shape index (κ3) is 3.77. The minimum Gasteiger partial charge on any atom is -0.397 e. The van der Waals surface area contributed by atoms with Crippen LogP contribution in [0.15, 0.2) is 67.0 Å². The Bertz CT molecular complexity index is 998. The van der Waals surface area contributed by atoms with Gasteiger partial charge < -0.3 is 10.6 Å². The highest BCUT2D eigenvalue weighted by Gasteiger charge is 2.26. The number of likely N-dealkylation sites (tertiary alicyclic amines) is 1. The SMILES string of the molecule is Cc1ccccc1[C@@H]1CCCN(C(=O)c2cccc(-c3cncc(N)c3)c2)C1. The molecule has 4 nitrogen and oxygen atoms in total. The van der Waals surface area contributed by atoms with Crippen molar-refractivity contribution in [1.29, 1.82) is 0 Å². The van der Waals surface area contributed by atoms with Gasteiger partial charge in [0.05, 0.1) is 5.69 Å². The lowest BCUT2D eigenvalue weighted by Crippen LogP contribution is -2.39. The molecule has 0 saturated carbocycles. The number of nitrogens with zero attached hydrogens (tertiary/aromatic N) is 2. The van der Waals surface area contributed by atoms with Crippen LogP contribution in [0.3, 0.4) is 0 Å². The molecule has 0 bridgehead atoms. The number of rotatable bonds is 3. The van der Waals surface area contributed by atoms with Gasteiger partial charge in [0, 0.05) is 42.5 Å². The minimum absolute atomic E-state index is 0.0944. The van der Waals surface area contributed by atoms with Crippen LogP contribution in [0.5, 0.6) is 0 Å². The first-order chi connectivity index (χ1) is 13.6. The third-order valence-corrected chi connectivity index (χ3v) is 5.54. The number of aryl methyl sites for hydroxylation is 1. The Labute approximate surface area is 166 Å². The highest BCUT2D eigenvalue weighted by atomic mass is 16.2. The molecule has 4 heteroatoms. The van der Waals surface area contributed by atoms with E-state index in [4.69, 9.17) is 5.73 Å². The Morgan fingerprint density at radius 3 is 2.75 bits per heavy atom. The van der Waals surface area contributed by atoms with Crippen LogP contribution in [-0.2, 0) is 0 Å². The molecule has 1 amide bonds. The molecule has 2 heterocycles. The summed E-state index contributed by atoms with van der Waals surface area (Å²) in [5, 5.41) is 0. The van der Waals surface area contributed by atoms with Gasteiger partial charge in [0.25, 0.3) is 5.91 Å². The molecule has 142 valence electrons. The van der Waals surface area contributed by atoms with Crippen LogP contribution in [-0.4, -0.2) is 28.9 Å². The van der Waals surface area contributed by atoms with Crippen molar-refractivity contribution in [3.8, 4) is 11.1 Å². The second kappa shape index (κ2) is 7.85. The Morgan fingerprint density at radius 2 is 1.93 bits per heavy atom. The molecule has 3 aromatic rings. The average Bonchev–Trinajstić information content (AvgIpc) is 2.74. The highest BCUT2D eigenvalue weighted by Crippen LogP contribution is 2.30. The van der Waals surface area contributed by atoms with Gasteiger partial charge in [-0.05, 0) is 54.7 Å². The Balaban J connectivity index is 1.56. The molecule has 1 aliphatic heterocycles. The quantitative estimate of drug-likeness (QED) is 0.728. The molecule has 1 saturated heterocycles. The summed E-state index contributed by atoms with van der Waals surface area (Å²) >= 11 is 0. The van der Waals surface area contributed by atoms with E-state index in [1.165, 1.54) is 11.1 Å². The van der Waals surface area contributed by atoms with Crippen LogP contribution in [0.2, 0.25) is 0 Å². The zero-order chi connectivity index (χ0) is 19.5. The first kappa shape index (κ1) is 18.2. The Kier molecular flexibility index (Phi) is 5.11. The zero-order valence-electron chi connectivity index (χ0n) is 16.1. The van der Waals surface area contributed by atoms with Gasteiger partial charge in [-0.2, -0.15) is 0 Å². The lowest BCUT2D eigenvalue weighted by atomic mass is 9.87. The summed E-state index contributed by atoms with van der Waals surface area (Å²) < 4.78 is 0. The lowest BCUT2D eigenvalue weighted by molar-refractivity contribution is 0.0707. The average molecular weight is 371 g/mol. The number of aromatic nitrogens is 1. The highest BCUT2D eigenvalue weighted by molar-refractivity contribution is 5.95. The summed E-state index contributed by atoms with van der Waals surface area (Å²) in [5.74, 6) is 0.497. The molecule has 2 aromatic carbocycles. The van der Waals surface area contributed by atoms with Crippen molar-refractivity contribution in [2.45, 2.75) is 25.7 Å². The van der Waals surface area contributed by atoms with Gasteiger partial charge in [-0.25, -0.2) is 0 Å². The van der Waals surface area contributed by atoms with Crippen molar-refractivity contribution in [3.05, 3.63) is 83.7 Å². The van der Waals surface area contributed by atoms with Crippen molar-refractivity contribution in [2.75, 3.05) is 18.8 Å². The maximum Gasteiger partial charge on any atom is 0.253 e. The van der Waals surface area contributed by atoms with Crippen molar-refractivity contribution in [3.63, 3.8) is 0 Å². The molecule has 0 radical (unpaired) electrons. The zero-order valence-corrected chi connectivity index (χ0v) is 16.1. The van der Waals surface area contributed by atoms with Crippen molar-refractivity contribution in [2.24, 2.45) is 0 Å². The number of nitrogen functional groups attached to an aromatic ring is 1. The van der Waals surface area contributed by atoms with Gasteiger partial charge >= 0.3 is 0 Å². The Morgan fingerprint density at radius 1 is 1.07 bits per heavy atom. The molecule has 1 aromatic heterocycles. The predicted molar refractivity (Wildman–Crippen MR) is 113 cm³/mol. The molecule has 1 fully saturated rings.